The molecule has 0 unspecified atom stereocenters. The van der Waals surface area contributed by atoms with Gasteiger partial charge in [0, 0.05) is 33.9 Å². The molecule has 0 heterocycles. The molecule has 0 aliphatic rings. The van der Waals surface area contributed by atoms with E-state index in [1.807, 2.05) is 13.0 Å². The molecule has 0 aromatic heterocycles. The van der Waals surface area contributed by atoms with Gasteiger partial charge in [0.05, 0.1) is 7.11 Å². The summed E-state index contributed by atoms with van der Waals surface area (Å²) in [7, 11) is 1.10. The summed E-state index contributed by atoms with van der Waals surface area (Å²) in [5.74, 6) is 0. The molecule has 0 aromatic rings. The molecule has 5 nitrogen and oxygen atoms in total. The first-order valence-corrected chi connectivity index (χ1v) is 5.18. The van der Waals surface area contributed by atoms with Crippen molar-refractivity contribution in [3.8, 4) is 0 Å². The number of ether oxygens (including phenoxy) is 1. The predicted octanol–water partition coefficient (Wildman–Crippen LogP) is 2.48. The Kier molecular flexibility index (Phi) is 50.8. The van der Waals surface area contributed by atoms with Gasteiger partial charge in [0.25, 0.3) is 0 Å². The van der Waals surface area contributed by atoms with Gasteiger partial charge in [-0.3, -0.25) is 0 Å². The molecule has 0 bridgehead atoms. The molecular weight excluding hydrogens is 272 g/mol. The average Bonchev–Trinajstić information content (AvgIpc) is 2.16. The van der Waals surface area contributed by atoms with E-state index in [1.54, 1.807) is 33.8 Å². The quantitative estimate of drug-likeness (QED) is 0.363. The average molecular weight is 299 g/mol. The normalized spacial score (nSPS) is 7.89. The van der Waals surface area contributed by atoms with Crippen LogP contribution in [0.25, 0.3) is 0 Å². The van der Waals surface area contributed by atoms with Gasteiger partial charge in [-0.15, -0.1) is 6.92 Å². The standard InChI is InChI=1S/C4H7.2C3H8O.C2H4O3.Ti/c1-3-4-2;2*1-3(2)4;1-5-2(3)4;/h3-4H,1H2,2H3;2*3-4H,1-2H3;1H3,(H,3,4);/q-1;;;;/b4-3+;;;;. The van der Waals surface area contributed by atoms with Crippen molar-refractivity contribution in [3.63, 3.8) is 0 Å². The number of rotatable bonds is 0. The Morgan fingerprint density at radius 1 is 1.17 bits per heavy atom. The first kappa shape index (κ1) is 30.5. The Balaban J connectivity index is -0.0000000412. The van der Waals surface area contributed by atoms with Crippen LogP contribution >= 0.6 is 0 Å². The molecule has 0 radical (unpaired) electrons. The fourth-order valence-corrected chi connectivity index (χ4v) is 0. The van der Waals surface area contributed by atoms with Gasteiger partial charge in [-0.05, 0) is 27.7 Å². The van der Waals surface area contributed by atoms with Crippen LogP contribution in [-0.2, 0) is 26.5 Å². The van der Waals surface area contributed by atoms with Crippen LogP contribution in [0.15, 0.2) is 12.2 Å². The zero-order chi connectivity index (χ0) is 14.9. The minimum Gasteiger partial charge on any atom is -0.450 e. The summed E-state index contributed by atoms with van der Waals surface area (Å²) in [5, 5.41) is 23.6. The third kappa shape index (κ3) is 517. The summed E-state index contributed by atoms with van der Waals surface area (Å²) in [6.45, 7) is 12.2. The van der Waals surface area contributed by atoms with E-state index < -0.39 is 6.16 Å². The summed E-state index contributed by atoms with van der Waals surface area (Å²) in [5.41, 5.74) is 0. The van der Waals surface area contributed by atoms with Crippen molar-refractivity contribution in [1.29, 1.82) is 0 Å². The number of aliphatic hydroxyl groups is 2. The van der Waals surface area contributed by atoms with Crippen LogP contribution in [0, 0.1) is 6.92 Å². The van der Waals surface area contributed by atoms with Crippen molar-refractivity contribution in [2.45, 2.75) is 46.8 Å². The smallest absolute Gasteiger partial charge is 0.450 e. The third-order valence-corrected chi connectivity index (χ3v) is 0.410. The molecule has 110 valence electrons. The van der Waals surface area contributed by atoms with E-state index in [2.05, 4.69) is 11.7 Å². The SMILES string of the molecule is CC(C)O.CC(C)O.COC(=O)O.[CH2-]/C=C/C.[Ti]. The van der Waals surface area contributed by atoms with E-state index in [0.717, 1.165) is 7.11 Å². The Morgan fingerprint density at radius 2 is 1.28 bits per heavy atom. The van der Waals surface area contributed by atoms with Crippen LogP contribution in [0.3, 0.4) is 0 Å². The van der Waals surface area contributed by atoms with Crippen molar-refractivity contribution < 1.29 is 46.6 Å². The van der Waals surface area contributed by atoms with E-state index >= 15 is 0 Å². The van der Waals surface area contributed by atoms with Crippen LogP contribution in [0.4, 0.5) is 4.79 Å². The topological polar surface area (TPSA) is 87.0 Å². The van der Waals surface area contributed by atoms with Gasteiger partial charge in [0.1, 0.15) is 0 Å². The minimum atomic E-state index is -1.25. The van der Waals surface area contributed by atoms with Gasteiger partial charge < -0.3 is 20.1 Å². The molecule has 18 heavy (non-hydrogen) atoms. The summed E-state index contributed by atoms with van der Waals surface area (Å²) >= 11 is 0. The molecule has 3 N–H and O–H groups in total. The molecule has 0 saturated heterocycles. The first-order chi connectivity index (χ1) is 7.65. The summed E-state index contributed by atoms with van der Waals surface area (Å²) in [4.78, 5) is 9.15. The number of allylic oxidation sites excluding steroid dienone is 2. The van der Waals surface area contributed by atoms with E-state index in [-0.39, 0.29) is 33.9 Å². The van der Waals surface area contributed by atoms with E-state index in [1.165, 1.54) is 0 Å². The number of carboxylic acid groups (broad SMARTS) is 1. The number of methoxy groups -OCH3 is 1. The van der Waals surface area contributed by atoms with Crippen molar-refractivity contribution in [2.24, 2.45) is 0 Å². The summed E-state index contributed by atoms with van der Waals surface area (Å²) in [6, 6.07) is 0. The van der Waals surface area contributed by atoms with Gasteiger partial charge in [-0.2, -0.15) is 0 Å². The van der Waals surface area contributed by atoms with Gasteiger partial charge in [0.15, 0.2) is 0 Å². The molecular formula is C12H27O5Ti-. The number of hydrogen-bond acceptors (Lipinski definition) is 4. The van der Waals surface area contributed by atoms with Crippen LogP contribution in [-0.4, -0.2) is 40.8 Å². The Morgan fingerprint density at radius 3 is 1.28 bits per heavy atom. The van der Waals surface area contributed by atoms with Crippen LogP contribution in [0.1, 0.15) is 34.6 Å². The Hall–Kier alpha value is -0.486. The molecule has 0 spiro atoms. The van der Waals surface area contributed by atoms with Gasteiger partial charge in [-0.1, -0.05) is 0 Å². The van der Waals surface area contributed by atoms with Gasteiger partial charge in [-0.25, -0.2) is 23.9 Å². The van der Waals surface area contributed by atoms with Crippen LogP contribution < -0.4 is 0 Å². The van der Waals surface area contributed by atoms with E-state index in [9.17, 15) is 0 Å². The third-order valence-electron chi connectivity index (χ3n) is 0.410. The van der Waals surface area contributed by atoms with Crippen LogP contribution in [0.5, 0.6) is 0 Å². The Bertz CT molecular complexity index is 143. The maximum Gasteiger partial charge on any atom is 0.505 e. The molecule has 0 rings (SSSR count). The minimum absolute atomic E-state index is 0. The summed E-state index contributed by atoms with van der Waals surface area (Å²) < 4.78 is 3.67. The monoisotopic (exact) mass is 299 g/mol. The molecule has 0 aliphatic carbocycles. The zero-order valence-corrected chi connectivity index (χ0v) is 13.7. The molecule has 0 fully saturated rings. The fourth-order valence-electron chi connectivity index (χ4n) is 0. The zero-order valence-electron chi connectivity index (χ0n) is 12.2. The second-order valence-electron chi connectivity index (χ2n) is 3.23. The first-order valence-electron chi connectivity index (χ1n) is 5.18. The fraction of sp³-hybridized carbons (Fsp3) is 0.667. The van der Waals surface area contributed by atoms with Gasteiger partial charge >= 0.3 is 6.16 Å². The maximum absolute atomic E-state index is 9.15. The molecule has 0 saturated carbocycles. The van der Waals surface area contributed by atoms with E-state index in [0.29, 0.717) is 0 Å². The number of hydrogen-bond donors (Lipinski definition) is 3. The largest absolute Gasteiger partial charge is 0.505 e. The molecule has 0 atom stereocenters. The van der Waals surface area contributed by atoms with Gasteiger partial charge in [0.2, 0.25) is 0 Å². The molecule has 0 aromatic carbocycles. The second kappa shape index (κ2) is 30.0. The van der Waals surface area contributed by atoms with Crippen molar-refractivity contribution in [1.82, 2.24) is 0 Å². The van der Waals surface area contributed by atoms with E-state index in [4.69, 9.17) is 20.1 Å². The Labute approximate surface area is 126 Å². The van der Waals surface area contributed by atoms with Crippen molar-refractivity contribution in [2.75, 3.05) is 7.11 Å². The summed E-state index contributed by atoms with van der Waals surface area (Å²) in [6.07, 6.45) is 2.06. The van der Waals surface area contributed by atoms with Crippen LogP contribution in [0.2, 0.25) is 0 Å². The molecule has 6 heteroatoms. The predicted molar refractivity (Wildman–Crippen MR) is 69.9 cm³/mol. The molecule has 0 aliphatic heterocycles. The molecule has 0 amide bonds. The maximum atomic E-state index is 9.15. The van der Waals surface area contributed by atoms with Crippen molar-refractivity contribution >= 4 is 6.16 Å². The number of aliphatic hydroxyl groups excluding tert-OH is 2. The second-order valence-corrected chi connectivity index (χ2v) is 3.23. The number of carbonyl (C=O) groups is 1. The van der Waals surface area contributed by atoms with Crippen molar-refractivity contribution in [3.05, 3.63) is 19.1 Å².